The van der Waals surface area contributed by atoms with Crippen LogP contribution < -0.4 is 0 Å². The molecule has 1 atom stereocenters. The van der Waals surface area contributed by atoms with Crippen LogP contribution >= 0.6 is 0 Å². The molecule has 31 heavy (non-hydrogen) atoms. The summed E-state index contributed by atoms with van der Waals surface area (Å²) < 4.78 is 0. The van der Waals surface area contributed by atoms with Crippen molar-refractivity contribution >= 4 is 5.91 Å². The Morgan fingerprint density at radius 2 is 1.55 bits per heavy atom. The Hall–Kier alpha value is -2.98. The molecule has 0 radical (unpaired) electrons. The molecule has 2 aromatic carbocycles. The van der Waals surface area contributed by atoms with Crippen molar-refractivity contribution in [3.63, 3.8) is 0 Å². The van der Waals surface area contributed by atoms with Crippen molar-refractivity contribution in [3.05, 3.63) is 102 Å². The van der Waals surface area contributed by atoms with Gasteiger partial charge in [0.15, 0.2) is 0 Å². The summed E-state index contributed by atoms with van der Waals surface area (Å²) in [5, 5.41) is 0. The number of carbonyl (C=O) groups excluding carboxylic acids is 1. The Kier molecular flexibility index (Phi) is 7.46. The molecule has 1 amide bonds. The number of pyridine rings is 1. The first-order valence-electron chi connectivity index (χ1n) is 11.2. The molecule has 1 saturated heterocycles. The fourth-order valence-electron chi connectivity index (χ4n) is 4.39. The van der Waals surface area contributed by atoms with Crippen LogP contribution in [-0.4, -0.2) is 46.9 Å². The van der Waals surface area contributed by atoms with Gasteiger partial charge in [-0.3, -0.25) is 14.7 Å². The lowest BCUT2D eigenvalue weighted by atomic mass is 10.0. The number of aromatic nitrogens is 1. The zero-order chi connectivity index (χ0) is 21.3. The van der Waals surface area contributed by atoms with Crippen LogP contribution in [-0.2, 0) is 24.2 Å². The van der Waals surface area contributed by atoms with Gasteiger partial charge in [-0.05, 0) is 42.0 Å². The molecule has 0 spiro atoms. The minimum Gasteiger partial charge on any atom is -0.341 e. The number of amides is 1. The summed E-state index contributed by atoms with van der Waals surface area (Å²) >= 11 is 0. The first kappa shape index (κ1) is 21.3. The van der Waals surface area contributed by atoms with Gasteiger partial charge in [0, 0.05) is 51.0 Å². The molecule has 2 heterocycles. The highest BCUT2D eigenvalue weighted by Crippen LogP contribution is 2.18. The second-order valence-electron chi connectivity index (χ2n) is 8.44. The van der Waals surface area contributed by atoms with Crippen LogP contribution in [0.2, 0.25) is 0 Å². The lowest BCUT2D eigenvalue weighted by molar-refractivity contribution is -0.131. The third-order valence-electron chi connectivity index (χ3n) is 5.98. The number of benzene rings is 2. The van der Waals surface area contributed by atoms with E-state index in [2.05, 4.69) is 63.3 Å². The Balaban J connectivity index is 1.43. The van der Waals surface area contributed by atoms with Crippen LogP contribution in [0.4, 0.5) is 0 Å². The number of nitrogens with zero attached hydrogens (tertiary/aromatic N) is 3. The Morgan fingerprint density at radius 3 is 2.26 bits per heavy atom. The third kappa shape index (κ3) is 6.50. The standard InChI is InChI=1S/C27H31N3O/c31-27(15-14-23-9-3-1-4-10-23)30-18-17-29(20-24-11-5-2-6-12-24)21-25(22-30)19-26-13-7-8-16-28-26/h1-13,16,25H,14-15,17-22H2. The van der Waals surface area contributed by atoms with Crippen molar-refractivity contribution in [3.8, 4) is 0 Å². The molecule has 1 aliphatic rings. The molecule has 0 N–H and O–H groups in total. The quantitative estimate of drug-likeness (QED) is 0.582. The second-order valence-corrected chi connectivity index (χ2v) is 8.44. The molecule has 1 unspecified atom stereocenters. The van der Waals surface area contributed by atoms with Crippen LogP contribution in [0.3, 0.4) is 0 Å². The molecule has 3 aromatic rings. The molecule has 0 aliphatic carbocycles. The van der Waals surface area contributed by atoms with Crippen molar-refractivity contribution in [2.45, 2.75) is 25.8 Å². The number of aryl methyl sites for hydroxylation is 1. The highest BCUT2D eigenvalue weighted by atomic mass is 16.2. The van der Waals surface area contributed by atoms with E-state index in [1.807, 2.05) is 36.5 Å². The van der Waals surface area contributed by atoms with Gasteiger partial charge >= 0.3 is 0 Å². The van der Waals surface area contributed by atoms with Gasteiger partial charge in [-0.2, -0.15) is 0 Å². The lowest BCUT2D eigenvalue weighted by Crippen LogP contribution is -2.36. The van der Waals surface area contributed by atoms with Crippen LogP contribution in [0.25, 0.3) is 0 Å². The highest BCUT2D eigenvalue weighted by molar-refractivity contribution is 5.76. The van der Waals surface area contributed by atoms with E-state index >= 15 is 0 Å². The van der Waals surface area contributed by atoms with Crippen molar-refractivity contribution < 1.29 is 4.79 Å². The minimum absolute atomic E-state index is 0.261. The van der Waals surface area contributed by atoms with Gasteiger partial charge in [0.1, 0.15) is 0 Å². The monoisotopic (exact) mass is 413 g/mol. The second kappa shape index (κ2) is 10.9. The average Bonchev–Trinajstić information content (AvgIpc) is 3.01. The van der Waals surface area contributed by atoms with Crippen LogP contribution in [0.15, 0.2) is 85.1 Å². The fraction of sp³-hybridized carbons (Fsp3) is 0.333. The van der Waals surface area contributed by atoms with Crippen molar-refractivity contribution in [1.82, 2.24) is 14.8 Å². The van der Waals surface area contributed by atoms with Gasteiger partial charge in [-0.1, -0.05) is 66.7 Å². The van der Waals surface area contributed by atoms with Crippen LogP contribution in [0.5, 0.6) is 0 Å². The zero-order valence-electron chi connectivity index (χ0n) is 18.1. The summed E-state index contributed by atoms with van der Waals surface area (Å²) in [6.45, 7) is 4.40. The van der Waals surface area contributed by atoms with Crippen molar-refractivity contribution in [1.29, 1.82) is 0 Å². The van der Waals surface area contributed by atoms with Crippen molar-refractivity contribution in [2.24, 2.45) is 5.92 Å². The first-order valence-corrected chi connectivity index (χ1v) is 11.2. The zero-order valence-corrected chi connectivity index (χ0v) is 18.1. The van der Waals surface area contributed by atoms with Crippen LogP contribution in [0.1, 0.15) is 23.2 Å². The van der Waals surface area contributed by atoms with E-state index in [-0.39, 0.29) is 5.91 Å². The molecule has 1 aromatic heterocycles. The number of carbonyl (C=O) groups is 1. The largest absolute Gasteiger partial charge is 0.341 e. The summed E-state index contributed by atoms with van der Waals surface area (Å²) in [7, 11) is 0. The summed E-state index contributed by atoms with van der Waals surface area (Å²) in [4.78, 5) is 22.2. The number of rotatable bonds is 7. The molecule has 4 heteroatoms. The predicted molar refractivity (Wildman–Crippen MR) is 124 cm³/mol. The van der Waals surface area contributed by atoms with Crippen LogP contribution in [0, 0.1) is 5.92 Å². The van der Waals surface area contributed by atoms with E-state index in [1.165, 1.54) is 11.1 Å². The smallest absolute Gasteiger partial charge is 0.222 e. The number of hydrogen-bond acceptors (Lipinski definition) is 3. The van der Waals surface area contributed by atoms with Gasteiger partial charge in [-0.25, -0.2) is 0 Å². The molecule has 1 fully saturated rings. The molecular weight excluding hydrogens is 382 g/mol. The normalized spacial score (nSPS) is 17.3. The van der Waals surface area contributed by atoms with E-state index in [9.17, 15) is 4.79 Å². The minimum atomic E-state index is 0.261. The molecule has 160 valence electrons. The molecule has 1 aliphatic heterocycles. The maximum Gasteiger partial charge on any atom is 0.222 e. The van der Waals surface area contributed by atoms with E-state index in [0.717, 1.165) is 51.3 Å². The third-order valence-corrected chi connectivity index (χ3v) is 5.98. The molecule has 0 saturated carbocycles. The topological polar surface area (TPSA) is 36.4 Å². The van der Waals surface area contributed by atoms with E-state index < -0.39 is 0 Å². The fourth-order valence-corrected chi connectivity index (χ4v) is 4.39. The van der Waals surface area contributed by atoms with E-state index in [0.29, 0.717) is 12.3 Å². The Labute approximate surface area is 185 Å². The summed E-state index contributed by atoms with van der Waals surface area (Å²) in [5.41, 5.74) is 3.65. The molecule has 4 nitrogen and oxygen atoms in total. The summed E-state index contributed by atoms with van der Waals surface area (Å²) in [6.07, 6.45) is 4.12. The maximum atomic E-state index is 13.1. The molecular formula is C27H31N3O. The van der Waals surface area contributed by atoms with Gasteiger partial charge < -0.3 is 4.90 Å². The first-order chi connectivity index (χ1) is 15.3. The summed E-state index contributed by atoms with van der Waals surface area (Å²) in [5.74, 6) is 0.637. The average molecular weight is 414 g/mol. The lowest BCUT2D eigenvalue weighted by Gasteiger charge is -2.24. The Morgan fingerprint density at radius 1 is 0.839 bits per heavy atom. The summed E-state index contributed by atoms with van der Waals surface area (Å²) in [6, 6.07) is 27.0. The molecule has 4 rings (SSSR count). The van der Waals surface area contributed by atoms with Gasteiger partial charge in [0.25, 0.3) is 0 Å². The predicted octanol–water partition coefficient (Wildman–Crippen LogP) is 4.22. The van der Waals surface area contributed by atoms with Gasteiger partial charge in [0.2, 0.25) is 5.91 Å². The van der Waals surface area contributed by atoms with Gasteiger partial charge in [-0.15, -0.1) is 0 Å². The van der Waals surface area contributed by atoms with E-state index in [4.69, 9.17) is 0 Å². The van der Waals surface area contributed by atoms with E-state index in [1.54, 1.807) is 0 Å². The molecule has 0 bridgehead atoms. The highest BCUT2D eigenvalue weighted by Gasteiger charge is 2.26. The SMILES string of the molecule is O=C(CCc1ccccc1)N1CCN(Cc2ccccc2)CC(Cc2ccccn2)C1. The van der Waals surface area contributed by atoms with Gasteiger partial charge in [0.05, 0.1) is 0 Å². The van der Waals surface area contributed by atoms with Crippen molar-refractivity contribution in [2.75, 3.05) is 26.2 Å². The maximum absolute atomic E-state index is 13.1. The Bertz CT molecular complexity index is 930. The number of hydrogen-bond donors (Lipinski definition) is 0.